The number of hydrogen-bond donors (Lipinski definition) is 3. The van der Waals surface area contributed by atoms with Crippen LogP contribution in [0.4, 0.5) is 15.8 Å². The van der Waals surface area contributed by atoms with Gasteiger partial charge in [-0.15, -0.1) is 0 Å². The maximum Gasteiger partial charge on any atom is 0.174 e. The molecule has 212 valence electrons. The van der Waals surface area contributed by atoms with Gasteiger partial charge < -0.3 is 19.9 Å². The molecule has 1 aliphatic heterocycles. The quantitative estimate of drug-likeness (QED) is 0.174. The molecule has 11 heteroatoms. The molecule has 0 spiro atoms. The zero-order chi connectivity index (χ0) is 27.6. The number of nitrogens with zero attached hydrogens (tertiary/aromatic N) is 3. The minimum Gasteiger partial charge on any atom is -0.372 e. The lowest BCUT2D eigenvalue weighted by Crippen LogP contribution is -2.40. The van der Waals surface area contributed by atoms with Crippen molar-refractivity contribution in [1.82, 2.24) is 19.9 Å². The number of aliphatic hydroxyl groups is 1. The van der Waals surface area contributed by atoms with Crippen LogP contribution in [0.5, 0.6) is 0 Å². The lowest BCUT2D eigenvalue weighted by atomic mass is 10.1. The van der Waals surface area contributed by atoms with E-state index >= 15 is 4.39 Å². The van der Waals surface area contributed by atoms with Gasteiger partial charge >= 0.3 is 0 Å². The number of aromatic nitrogens is 2. The average molecular weight is 560 g/mol. The highest BCUT2D eigenvalue weighted by molar-refractivity contribution is 7.91. The smallest absolute Gasteiger partial charge is 0.174 e. The van der Waals surface area contributed by atoms with E-state index in [-0.39, 0.29) is 22.7 Å². The third kappa shape index (κ3) is 6.96. The lowest BCUT2D eigenvalue weighted by Gasteiger charge is -2.26. The Kier molecular flexibility index (Phi) is 8.53. The largest absolute Gasteiger partial charge is 0.372 e. The normalized spacial score (nSPS) is 18.5. The molecular weight excluding hydrogens is 521 g/mol. The Labute approximate surface area is 229 Å². The fourth-order valence-corrected chi connectivity index (χ4v) is 6.25. The first-order valence-corrected chi connectivity index (χ1v) is 15.5. The zero-order valence-electron chi connectivity index (χ0n) is 22.6. The maximum absolute atomic E-state index is 16.0. The summed E-state index contributed by atoms with van der Waals surface area (Å²) in [4.78, 5) is 12.1. The Hall–Kier alpha value is -2.57. The molecule has 0 amide bonds. The number of anilines is 2. The molecule has 1 aliphatic carbocycles. The van der Waals surface area contributed by atoms with Crippen LogP contribution in [0.1, 0.15) is 48.6 Å². The summed E-state index contributed by atoms with van der Waals surface area (Å²) in [7, 11) is -2.89. The predicted octanol–water partition coefficient (Wildman–Crippen LogP) is 3.97. The summed E-state index contributed by atoms with van der Waals surface area (Å²) < 4.78 is 41.2. The minimum atomic E-state index is -2.89. The maximum atomic E-state index is 16.0. The first-order chi connectivity index (χ1) is 18.7. The average Bonchev–Trinajstić information content (AvgIpc) is 3.63. The van der Waals surface area contributed by atoms with E-state index in [1.165, 1.54) is 0 Å². The van der Waals surface area contributed by atoms with Gasteiger partial charge in [0.25, 0.3) is 0 Å². The fraction of sp³-hybridized carbons (Fsp3) is 0.536. The molecule has 1 saturated heterocycles. The lowest BCUT2D eigenvalue weighted by molar-refractivity contribution is -0.0619. The Morgan fingerprint density at radius 3 is 2.62 bits per heavy atom. The molecule has 5 rings (SSSR count). The first kappa shape index (κ1) is 28.0. The van der Waals surface area contributed by atoms with Gasteiger partial charge in [-0.2, -0.15) is 5.48 Å². The van der Waals surface area contributed by atoms with Crippen LogP contribution in [0, 0.1) is 25.6 Å². The first-order valence-electron chi connectivity index (χ1n) is 13.7. The van der Waals surface area contributed by atoms with Crippen LogP contribution in [-0.2, 0) is 21.2 Å². The predicted molar refractivity (Wildman–Crippen MR) is 150 cm³/mol. The number of imidazole rings is 1. The zero-order valence-corrected chi connectivity index (χ0v) is 23.4. The highest BCUT2D eigenvalue weighted by atomic mass is 32.2. The highest BCUT2D eigenvalue weighted by Gasteiger charge is 2.25. The Balaban J connectivity index is 1.34. The number of fused-ring (bicyclic) bond motifs is 1. The number of nitrogens with one attached hydrogen (secondary N) is 2. The van der Waals surface area contributed by atoms with Crippen molar-refractivity contribution in [2.24, 2.45) is 5.92 Å². The van der Waals surface area contributed by atoms with Crippen molar-refractivity contribution in [3.8, 4) is 0 Å². The van der Waals surface area contributed by atoms with Crippen molar-refractivity contribution in [3.05, 3.63) is 53.1 Å². The molecule has 2 fully saturated rings. The Morgan fingerprint density at radius 1 is 1.15 bits per heavy atom. The van der Waals surface area contributed by atoms with Crippen molar-refractivity contribution < 1.29 is 22.8 Å². The highest BCUT2D eigenvalue weighted by Crippen LogP contribution is 2.35. The van der Waals surface area contributed by atoms with Gasteiger partial charge in [-0.1, -0.05) is 17.7 Å². The van der Waals surface area contributed by atoms with Crippen LogP contribution < -0.4 is 10.8 Å². The topological polar surface area (TPSA) is 109 Å². The van der Waals surface area contributed by atoms with Crippen molar-refractivity contribution in [1.29, 1.82) is 0 Å². The summed E-state index contributed by atoms with van der Waals surface area (Å²) in [5, 5.41) is 14.2. The van der Waals surface area contributed by atoms with E-state index in [9.17, 15) is 13.5 Å². The molecule has 0 radical (unpaired) electrons. The number of rotatable bonds is 12. The molecular formula is C28H38FN5O4S. The number of sulfone groups is 1. The molecule has 1 unspecified atom stereocenters. The summed E-state index contributed by atoms with van der Waals surface area (Å²) in [6.45, 7) is 7.08. The van der Waals surface area contributed by atoms with E-state index in [1.807, 2.05) is 36.6 Å². The third-order valence-electron chi connectivity index (χ3n) is 7.59. The summed E-state index contributed by atoms with van der Waals surface area (Å²) in [6, 6.07) is 7.64. The second-order valence-corrected chi connectivity index (χ2v) is 13.2. The van der Waals surface area contributed by atoms with Crippen LogP contribution in [0.15, 0.2) is 30.6 Å². The number of hydrogen-bond acceptors (Lipinski definition) is 8. The standard InChI is InChI=1S/C28H38FN5O4S/c1-19-5-8-23(20(2)15-19)31-26-22(28(35)32-38-17-21-6-7-21)16-24-27(25(26)29)30-18-34(24)10-4-3-9-33-11-13-39(36,37)14-12-33/h5,8,15-16,18,21,28,31-32,35H,3-4,6-7,9-14,17H2,1-2H3. The van der Waals surface area contributed by atoms with Gasteiger partial charge in [-0.25, -0.2) is 17.8 Å². The second kappa shape index (κ2) is 11.9. The minimum absolute atomic E-state index is 0.162. The van der Waals surface area contributed by atoms with E-state index in [0.717, 1.165) is 49.0 Å². The van der Waals surface area contributed by atoms with E-state index in [0.29, 0.717) is 43.2 Å². The van der Waals surface area contributed by atoms with E-state index in [1.54, 1.807) is 12.4 Å². The van der Waals surface area contributed by atoms with Crippen LogP contribution in [0.2, 0.25) is 0 Å². The Morgan fingerprint density at radius 2 is 1.90 bits per heavy atom. The molecule has 3 aromatic rings. The van der Waals surface area contributed by atoms with Gasteiger partial charge in [0.05, 0.1) is 35.6 Å². The van der Waals surface area contributed by atoms with Gasteiger partial charge in [0.1, 0.15) is 5.52 Å². The molecule has 2 aromatic carbocycles. The number of benzene rings is 2. The number of unbranched alkanes of at least 4 members (excludes halogenated alkanes) is 1. The molecule has 0 bridgehead atoms. The van der Waals surface area contributed by atoms with Crippen LogP contribution >= 0.6 is 0 Å². The summed E-state index contributed by atoms with van der Waals surface area (Å²) >= 11 is 0. The molecule has 1 aromatic heterocycles. The number of aliphatic hydroxyl groups excluding tert-OH is 1. The van der Waals surface area contributed by atoms with Gasteiger partial charge in [-0.05, 0) is 69.7 Å². The van der Waals surface area contributed by atoms with Crippen molar-refractivity contribution in [2.75, 3.05) is 43.1 Å². The molecule has 1 saturated carbocycles. The molecule has 39 heavy (non-hydrogen) atoms. The van der Waals surface area contributed by atoms with Crippen LogP contribution in [-0.4, -0.2) is 65.7 Å². The van der Waals surface area contributed by atoms with Crippen LogP contribution in [0.25, 0.3) is 11.0 Å². The summed E-state index contributed by atoms with van der Waals surface area (Å²) in [6.07, 6.45) is 4.35. The fourth-order valence-electron chi connectivity index (χ4n) is 4.97. The summed E-state index contributed by atoms with van der Waals surface area (Å²) in [5.41, 5.74) is 6.84. The van der Waals surface area contributed by atoms with Crippen molar-refractivity contribution >= 4 is 32.2 Å². The third-order valence-corrected chi connectivity index (χ3v) is 9.20. The number of aryl methyl sites for hydroxylation is 3. The van der Waals surface area contributed by atoms with Gasteiger partial charge in [-0.3, -0.25) is 4.84 Å². The number of halogens is 1. The summed E-state index contributed by atoms with van der Waals surface area (Å²) in [5.74, 6) is 0.423. The molecule has 2 heterocycles. The van der Waals surface area contributed by atoms with E-state index in [2.05, 4.69) is 20.7 Å². The van der Waals surface area contributed by atoms with Gasteiger partial charge in [0.15, 0.2) is 21.9 Å². The van der Waals surface area contributed by atoms with Crippen molar-refractivity contribution in [3.63, 3.8) is 0 Å². The molecule has 2 aliphatic rings. The Bertz CT molecular complexity index is 1410. The second-order valence-electron chi connectivity index (χ2n) is 10.9. The molecule has 9 nitrogen and oxygen atoms in total. The molecule has 3 N–H and O–H groups in total. The van der Waals surface area contributed by atoms with E-state index < -0.39 is 21.9 Å². The van der Waals surface area contributed by atoms with Crippen molar-refractivity contribution in [2.45, 2.75) is 52.3 Å². The van der Waals surface area contributed by atoms with Crippen LogP contribution in [0.3, 0.4) is 0 Å². The van der Waals surface area contributed by atoms with E-state index in [4.69, 9.17) is 4.84 Å². The van der Waals surface area contributed by atoms with Gasteiger partial charge in [0, 0.05) is 30.9 Å². The number of hydroxylamine groups is 1. The van der Waals surface area contributed by atoms with Gasteiger partial charge in [0.2, 0.25) is 0 Å². The SMILES string of the molecule is Cc1ccc(Nc2c(C(O)NOCC3CC3)cc3c(ncn3CCCCN3CCS(=O)(=O)CC3)c2F)c(C)c1. The monoisotopic (exact) mass is 559 g/mol. The molecule has 1 atom stereocenters.